The van der Waals surface area contributed by atoms with Gasteiger partial charge in [-0.25, -0.2) is 0 Å². The Kier molecular flexibility index (Phi) is 5.47. The Labute approximate surface area is 123 Å². The highest BCUT2D eigenvalue weighted by Crippen LogP contribution is 2.39. The lowest BCUT2D eigenvalue weighted by Gasteiger charge is -2.36. The quantitative estimate of drug-likeness (QED) is 0.845. The Hall–Kier alpha value is -1.02. The van der Waals surface area contributed by atoms with Crippen molar-refractivity contribution in [1.82, 2.24) is 5.32 Å². The number of para-hydroxylation sites is 1. The van der Waals surface area contributed by atoms with E-state index >= 15 is 0 Å². The zero-order valence-corrected chi connectivity index (χ0v) is 13.2. The summed E-state index contributed by atoms with van der Waals surface area (Å²) in [4.78, 5) is 0. The molecule has 112 valence electrons. The van der Waals surface area contributed by atoms with Gasteiger partial charge in [-0.05, 0) is 45.7 Å². The first kappa shape index (κ1) is 15.4. The highest BCUT2D eigenvalue weighted by Gasteiger charge is 2.34. The van der Waals surface area contributed by atoms with Gasteiger partial charge in [0.1, 0.15) is 5.75 Å². The first-order chi connectivity index (χ1) is 9.68. The zero-order valence-electron chi connectivity index (χ0n) is 13.2. The van der Waals surface area contributed by atoms with E-state index in [1.54, 1.807) is 0 Å². The summed E-state index contributed by atoms with van der Waals surface area (Å²) in [5.41, 5.74) is 1.47. The molecule has 0 aromatic heterocycles. The third kappa shape index (κ3) is 3.54. The minimum atomic E-state index is 0.108. The Bertz CT molecular complexity index is 406. The van der Waals surface area contributed by atoms with Crippen molar-refractivity contribution in [2.24, 2.45) is 0 Å². The molecule has 2 rings (SSSR count). The molecule has 1 aliphatic heterocycles. The Morgan fingerprint density at radius 1 is 1.20 bits per heavy atom. The molecule has 2 heteroatoms. The first-order valence-electron chi connectivity index (χ1n) is 8.19. The van der Waals surface area contributed by atoms with Crippen molar-refractivity contribution in [1.29, 1.82) is 0 Å². The molecule has 0 amide bonds. The minimum absolute atomic E-state index is 0.108. The van der Waals surface area contributed by atoms with Gasteiger partial charge in [-0.2, -0.15) is 0 Å². The molecule has 0 bridgehead atoms. The van der Waals surface area contributed by atoms with Crippen molar-refractivity contribution in [2.45, 2.75) is 70.9 Å². The molecule has 1 unspecified atom stereocenters. The molecule has 2 nitrogen and oxygen atoms in total. The van der Waals surface area contributed by atoms with Crippen LogP contribution in [0.3, 0.4) is 0 Å². The lowest BCUT2D eigenvalue weighted by Crippen LogP contribution is -2.42. The Morgan fingerprint density at radius 2 is 2.00 bits per heavy atom. The maximum atomic E-state index is 6.07. The SMILES string of the molecule is CCCC1(c2ccccc2OC(C)C)CCCCCN1. The number of ether oxygens (including phenoxy) is 1. The van der Waals surface area contributed by atoms with Crippen LogP contribution in [0.2, 0.25) is 0 Å². The number of hydrogen-bond acceptors (Lipinski definition) is 2. The molecule has 0 spiro atoms. The lowest BCUT2D eigenvalue weighted by atomic mass is 9.81. The maximum absolute atomic E-state index is 6.07. The van der Waals surface area contributed by atoms with E-state index in [2.05, 4.69) is 50.4 Å². The predicted octanol–water partition coefficient (Wildman–Crippen LogP) is 4.63. The molecule has 1 aromatic carbocycles. The van der Waals surface area contributed by atoms with E-state index in [1.807, 2.05) is 0 Å². The van der Waals surface area contributed by atoms with Crippen LogP contribution in [-0.4, -0.2) is 12.6 Å². The molecule has 1 N–H and O–H groups in total. The molecule has 1 saturated heterocycles. The zero-order chi connectivity index (χ0) is 14.4. The maximum Gasteiger partial charge on any atom is 0.124 e. The van der Waals surface area contributed by atoms with Crippen molar-refractivity contribution >= 4 is 0 Å². The molecule has 0 radical (unpaired) electrons. The van der Waals surface area contributed by atoms with Crippen molar-refractivity contribution in [3.8, 4) is 5.75 Å². The number of nitrogens with one attached hydrogen (secondary N) is 1. The molecule has 1 atom stereocenters. The lowest BCUT2D eigenvalue weighted by molar-refractivity contribution is 0.222. The topological polar surface area (TPSA) is 21.3 Å². The van der Waals surface area contributed by atoms with Crippen LogP contribution in [0.5, 0.6) is 5.75 Å². The Balaban J connectivity index is 2.37. The Morgan fingerprint density at radius 3 is 2.75 bits per heavy atom. The number of benzene rings is 1. The van der Waals surface area contributed by atoms with Gasteiger partial charge >= 0.3 is 0 Å². The molecule has 0 aliphatic carbocycles. The van der Waals surface area contributed by atoms with Gasteiger partial charge in [0.2, 0.25) is 0 Å². The van der Waals surface area contributed by atoms with Gasteiger partial charge in [-0.1, -0.05) is 44.4 Å². The van der Waals surface area contributed by atoms with Crippen LogP contribution in [0.25, 0.3) is 0 Å². The second-order valence-electron chi connectivity index (χ2n) is 6.23. The third-order valence-electron chi connectivity index (χ3n) is 4.19. The van der Waals surface area contributed by atoms with Crippen molar-refractivity contribution in [2.75, 3.05) is 6.54 Å². The van der Waals surface area contributed by atoms with E-state index in [-0.39, 0.29) is 11.6 Å². The van der Waals surface area contributed by atoms with Gasteiger partial charge in [-0.3, -0.25) is 0 Å². The minimum Gasteiger partial charge on any atom is -0.491 e. The summed E-state index contributed by atoms with van der Waals surface area (Å²) >= 11 is 0. The van der Waals surface area contributed by atoms with Crippen molar-refractivity contribution in [3.63, 3.8) is 0 Å². The fourth-order valence-corrected chi connectivity index (χ4v) is 3.37. The smallest absolute Gasteiger partial charge is 0.124 e. The molecular weight excluding hydrogens is 246 g/mol. The molecule has 1 heterocycles. The third-order valence-corrected chi connectivity index (χ3v) is 4.19. The molecule has 1 aliphatic rings. The largest absolute Gasteiger partial charge is 0.491 e. The van der Waals surface area contributed by atoms with Crippen LogP contribution in [0.1, 0.15) is 64.9 Å². The van der Waals surface area contributed by atoms with E-state index in [0.717, 1.165) is 12.3 Å². The highest BCUT2D eigenvalue weighted by molar-refractivity contribution is 5.39. The van der Waals surface area contributed by atoms with E-state index in [9.17, 15) is 0 Å². The first-order valence-corrected chi connectivity index (χ1v) is 8.19. The van der Waals surface area contributed by atoms with E-state index in [4.69, 9.17) is 4.74 Å². The second-order valence-corrected chi connectivity index (χ2v) is 6.23. The number of hydrogen-bond donors (Lipinski definition) is 1. The summed E-state index contributed by atoms with van der Waals surface area (Å²) in [5, 5.41) is 3.85. The normalized spacial score (nSPS) is 23.6. The molecule has 1 fully saturated rings. The summed E-state index contributed by atoms with van der Waals surface area (Å²) < 4.78 is 6.07. The van der Waals surface area contributed by atoms with Crippen LogP contribution in [0.4, 0.5) is 0 Å². The number of rotatable bonds is 5. The summed E-state index contributed by atoms with van der Waals surface area (Å²) in [7, 11) is 0. The second kappa shape index (κ2) is 7.12. The van der Waals surface area contributed by atoms with Crippen LogP contribution < -0.4 is 10.1 Å². The molecule has 1 aromatic rings. The standard InChI is InChI=1S/C18H29NO/c1-4-12-18(13-8-5-9-14-19-18)16-10-6-7-11-17(16)20-15(2)3/h6-7,10-11,15,19H,4-5,8-9,12-14H2,1-3H3. The van der Waals surface area contributed by atoms with E-state index in [1.165, 1.54) is 44.1 Å². The van der Waals surface area contributed by atoms with Crippen LogP contribution in [0, 0.1) is 0 Å². The molecular formula is C18H29NO. The van der Waals surface area contributed by atoms with Gasteiger partial charge in [0.15, 0.2) is 0 Å². The van der Waals surface area contributed by atoms with Gasteiger partial charge in [0, 0.05) is 11.1 Å². The van der Waals surface area contributed by atoms with Gasteiger partial charge < -0.3 is 10.1 Å². The van der Waals surface area contributed by atoms with Gasteiger partial charge in [0.05, 0.1) is 6.10 Å². The molecule has 0 saturated carbocycles. The predicted molar refractivity (Wildman–Crippen MR) is 85.3 cm³/mol. The summed E-state index contributed by atoms with van der Waals surface area (Å²) in [6.07, 6.45) is 7.77. The fourth-order valence-electron chi connectivity index (χ4n) is 3.37. The average Bonchev–Trinajstić information content (AvgIpc) is 2.65. The van der Waals surface area contributed by atoms with Gasteiger partial charge in [0.25, 0.3) is 0 Å². The molecule has 20 heavy (non-hydrogen) atoms. The fraction of sp³-hybridized carbons (Fsp3) is 0.667. The van der Waals surface area contributed by atoms with Crippen LogP contribution in [0.15, 0.2) is 24.3 Å². The average molecular weight is 275 g/mol. The van der Waals surface area contributed by atoms with Crippen molar-refractivity contribution < 1.29 is 4.74 Å². The van der Waals surface area contributed by atoms with Crippen molar-refractivity contribution in [3.05, 3.63) is 29.8 Å². The summed E-state index contributed by atoms with van der Waals surface area (Å²) in [6, 6.07) is 8.61. The van der Waals surface area contributed by atoms with E-state index < -0.39 is 0 Å². The summed E-state index contributed by atoms with van der Waals surface area (Å²) in [6.45, 7) is 7.60. The highest BCUT2D eigenvalue weighted by atomic mass is 16.5. The monoisotopic (exact) mass is 275 g/mol. The van der Waals surface area contributed by atoms with Gasteiger partial charge in [-0.15, -0.1) is 0 Å². The van der Waals surface area contributed by atoms with Crippen LogP contribution >= 0.6 is 0 Å². The van der Waals surface area contributed by atoms with Crippen LogP contribution in [-0.2, 0) is 5.54 Å². The van der Waals surface area contributed by atoms with E-state index in [0.29, 0.717) is 0 Å². The summed E-state index contributed by atoms with van der Waals surface area (Å²) in [5.74, 6) is 1.06.